The molecule has 0 radical (unpaired) electrons. The molecule has 0 bridgehead atoms. The summed E-state index contributed by atoms with van der Waals surface area (Å²) in [5.74, 6) is 1.09. The van der Waals surface area contributed by atoms with E-state index in [2.05, 4.69) is 20.5 Å². The molecule has 0 saturated carbocycles. The Hall–Kier alpha value is -1.78. The van der Waals surface area contributed by atoms with Crippen molar-refractivity contribution < 1.29 is 4.79 Å². The number of piperidine rings is 1. The summed E-state index contributed by atoms with van der Waals surface area (Å²) in [7, 11) is 3.56. The number of anilines is 2. The van der Waals surface area contributed by atoms with E-state index in [0.29, 0.717) is 0 Å². The summed E-state index contributed by atoms with van der Waals surface area (Å²) >= 11 is 0. The highest BCUT2D eigenvalue weighted by atomic mass is 16.1. The Bertz CT molecular complexity index is 421. The van der Waals surface area contributed by atoms with Crippen LogP contribution in [0.15, 0.2) is 18.3 Å². The summed E-state index contributed by atoms with van der Waals surface area (Å²) in [6.07, 6.45) is 3.82. The lowest BCUT2D eigenvalue weighted by Gasteiger charge is -2.33. The Morgan fingerprint density at radius 2 is 2.33 bits per heavy atom. The van der Waals surface area contributed by atoms with Crippen LogP contribution < -0.4 is 15.5 Å². The molecule has 1 aromatic heterocycles. The van der Waals surface area contributed by atoms with Crippen LogP contribution in [0.4, 0.5) is 11.5 Å². The summed E-state index contributed by atoms with van der Waals surface area (Å²) in [6.45, 7) is 1.79. The van der Waals surface area contributed by atoms with Gasteiger partial charge in [-0.3, -0.25) is 4.79 Å². The summed E-state index contributed by atoms with van der Waals surface area (Å²) < 4.78 is 0. The van der Waals surface area contributed by atoms with Gasteiger partial charge in [-0.15, -0.1) is 0 Å². The topological polar surface area (TPSA) is 57.3 Å². The van der Waals surface area contributed by atoms with Gasteiger partial charge < -0.3 is 15.5 Å². The van der Waals surface area contributed by atoms with Crippen LogP contribution in [0.1, 0.15) is 12.8 Å². The van der Waals surface area contributed by atoms with Gasteiger partial charge >= 0.3 is 0 Å². The lowest BCUT2D eigenvalue weighted by molar-refractivity contribution is -0.124. The normalized spacial score (nSPS) is 19.4. The molecule has 5 nitrogen and oxygen atoms in total. The van der Waals surface area contributed by atoms with Crippen molar-refractivity contribution in [2.24, 2.45) is 5.92 Å². The van der Waals surface area contributed by atoms with Crippen LogP contribution in [0, 0.1) is 5.92 Å². The second kappa shape index (κ2) is 5.71. The van der Waals surface area contributed by atoms with E-state index in [-0.39, 0.29) is 11.8 Å². The molecule has 5 heteroatoms. The van der Waals surface area contributed by atoms with Crippen molar-refractivity contribution in [1.82, 2.24) is 10.3 Å². The van der Waals surface area contributed by atoms with Gasteiger partial charge in [0, 0.05) is 45.1 Å². The van der Waals surface area contributed by atoms with Crippen molar-refractivity contribution in [3.8, 4) is 0 Å². The minimum absolute atomic E-state index is 0.0925. The quantitative estimate of drug-likeness (QED) is 0.840. The third kappa shape index (κ3) is 2.72. The van der Waals surface area contributed by atoms with Crippen LogP contribution in [0.5, 0.6) is 0 Å². The van der Waals surface area contributed by atoms with E-state index < -0.39 is 0 Å². The first-order chi connectivity index (χ1) is 8.74. The molecule has 1 fully saturated rings. The SMILES string of the molecule is CNC(=O)C1CCCN(c2ccnc(NC)c2)C1. The van der Waals surface area contributed by atoms with Crippen LogP contribution in [0.3, 0.4) is 0 Å². The van der Waals surface area contributed by atoms with Gasteiger partial charge in [-0.25, -0.2) is 4.98 Å². The van der Waals surface area contributed by atoms with E-state index in [0.717, 1.165) is 37.4 Å². The third-order valence-electron chi connectivity index (χ3n) is 3.40. The molecule has 1 atom stereocenters. The van der Waals surface area contributed by atoms with E-state index in [1.165, 1.54) is 0 Å². The van der Waals surface area contributed by atoms with Crippen molar-refractivity contribution >= 4 is 17.4 Å². The van der Waals surface area contributed by atoms with Gasteiger partial charge in [-0.2, -0.15) is 0 Å². The number of hydrogen-bond acceptors (Lipinski definition) is 4. The van der Waals surface area contributed by atoms with Gasteiger partial charge in [0.05, 0.1) is 5.92 Å². The Morgan fingerprint density at radius 3 is 3.06 bits per heavy atom. The summed E-state index contributed by atoms with van der Waals surface area (Å²) in [5, 5.41) is 5.77. The number of nitrogens with one attached hydrogen (secondary N) is 2. The average Bonchev–Trinajstić information content (AvgIpc) is 2.46. The molecular formula is C13H20N4O. The fourth-order valence-corrected chi connectivity index (χ4v) is 2.38. The first-order valence-electron chi connectivity index (χ1n) is 6.35. The largest absolute Gasteiger partial charge is 0.373 e. The first-order valence-corrected chi connectivity index (χ1v) is 6.35. The van der Waals surface area contributed by atoms with Crippen molar-refractivity contribution in [2.45, 2.75) is 12.8 Å². The number of carbonyl (C=O) groups is 1. The zero-order chi connectivity index (χ0) is 13.0. The molecule has 18 heavy (non-hydrogen) atoms. The second-order valence-corrected chi connectivity index (χ2v) is 4.55. The number of hydrogen-bond donors (Lipinski definition) is 2. The van der Waals surface area contributed by atoms with E-state index in [9.17, 15) is 4.79 Å². The number of amides is 1. The standard InChI is InChI=1S/C13H20N4O/c1-14-12-8-11(5-6-16-12)17-7-3-4-10(9-17)13(18)15-2/h5-6,8,10H,3-4,7,9H2,1-2H3,(H,14,16)(H,15,18). The maximum absolute atomic E-state index is 11.7. The Balaban J connectivity index is 2.10. The van der Waals surface area contributed by atoms with Crippen molar-refractivity contribution in [3.05, 3.63) is 18.3 Å². The number of nitrogens with zero attached hydrogens (tertiary/aromatic N) is 2. The average molecular weight is 248 g/mol. The van der Waals surface area contributed by atoms with Crippen LogP contribution in [-0.2, 0) is 4.79 Å². The van der Waals surface area contributed by atoms with Gasteiger partial charge in [0.2, 0.25) is 5.91 Å². The minimum atomic E-state index is 0.0925. The fourth-order valence-electron chi connectivity index (χ4n) is 2.38. The molecule has 2 rings (SSSR count). The maximum atomic E-state index is 11.7. The lowest BCUT2D eigenvalue weighted by atomic mass is 9.97. The molecule has 0 aliphatic carbocycles. The van der Waals surface area contributed by atoms with Gasteiger partial charge in [0.15, 0.2) is 0 Å². The van der Waals surface area contributed by atoms with Gasteiger partial charge in [-0.05, 0) is 18.9 Å². The molecule has 2 heterocycles. The summed E-state index contributed by atoms with van der Waals surface area (Å²) in [4.78, 5) is 18.2. The highest BCUT2D eigenvalue weighted by Crippen LogP contribution is 2.24. The third-order valence-corrected chi connectivity index (χ3v) is 3.40. The zero-order valence-electron chi connectivity index (χ0n) is 10.9. The van der Waals surface area contributed by atoms with E-state index >= 15 is 0 Å². The van der Waals surface area contributed by atoms with E-state index in [4.69, 9.17) is 0 Å². The van der Waals surface area contributed by atoms with Crippen molar-refractivity contribution in [1.29, 1.82) is 0 Å². The summed E-state index contributed by atoms with van der Waals surface area (Å²) in [5.41, 5.74) is 1.13. The minimum Gasteiger partial charge on any atom is -0.373 e. The molecule has 98 valence electrons. The van der Waals surface area contributed by atoms with Crippen LogP contribution in [-0.4, -0.2) is 38.1 Å². The lowest BCUT2D eigenvalue weighted by Crippen LogP contribution is -2.42. The second-order valence-electron chi connectivity index (χ2n) is 4.55. The molecule has 1 saturated heterocycles. The predicted molar refractivity (Wildman–Crippen MR) is 72.8 cm³/mol. The Morgan fingerprint density at radius 1 is 1.50 bits per heavy atom. The smallest absolute Gasteiger partial charge is 0.224 e. The van der Waals surface area contributed by atoms with Gasteiger partial charge in [0.1, 0.15) is 5.82 Å². The van der Waals surface area contributed by atoms with E-state index in [1.54, 1.807) is 13.2 Å². The van der Waals surface area contributed by atoms with E-state index in [1.807, 2.05) is 19.2 Å². The van der Waals surface area contributed by atoms with Crippen molar-refractivity contribution in [2.75, 3.05) is 37.4 Å². The molecule has 2 N–H and O–H groups in total. The van der Waals surface area contributed by atoms with Crippen LogP contribution in [0.2, 0.25) is 0 Å². The van der Waals surface area contributed by atoms with Crippen molar-refractivity contribution in [3.63, 3.8) is 0 Å². The van der Waals surface area contributed by atoms with Gasteiger partial charge in [0.25, 0.3) is 0 Å². The molecule has 1 unspecified atom stereocenters. The molecule has 0 spiro atoms. The number of pyridine rings is 1. The monoisotopic (exact) mass is 248 g/mol. The van der Waals surface area contributed by atoms with Crippen LogP contribution >= 0.6 is 0 Å². The first kappa shape index (κ1) is 12.7. The molecular weight excluding hydrogens is 228 g/mol. The summed E-state index contributed by atoms with van der Waals surface area (Å²) in [6, 6.07) is 4.01. The Kier molecular flexibility index (Phi) is 4.02. The maximum Gasteiger partial charge on any atom is 0.224 e. The van der Waals surface area contributed by atoms with Gasteiger partial charge in [-0.1, -0.05) is 0 Å². The number of rotatable bonds is 3. The predicted octanol–water partition coefficient (Wildman–Crippen LogP) is 1.09. The Labute approximate surface area is 108 Å². The molecule has 1 aliphatic rings. The number of carbonyl (C=O) groups excluding carboxylic acids is 1. The highest BCUT2D eigenvalue weighted by Gasteiger charge is 2.25. The zero-order valence-corrected chi connectivity index (χ0v) is 10.9. The highest BCUT2D eigenvalue weighted by molar-refractivity contribution is 5.79. The molecule has 1 amide bonds. The fraction of sp³-hybridized carbons (Fsp3) is 0.538. The van der Waals surface area contributed by atoms with Crippen LogP contribution in [0.25, 0.3) is 0 Å². The molecule has 1 aromatic rings. The number of aromatic nitrogens is 1. The molecule has 0 aromatic carbocycles. The molecule has 1 aliphatic heterocycles.